The van der Waals surface area contributed by atoms with E-state index in [0.29, 0.717) is 16.3 Å². The summed E-state index contributed by atoms with van der Waals surface area (Å²) in [7, 11) is 0. The lowest BCUT2D eigenvalue weighted by Crippen LogP contribution is -2.41. The maximum atomic E-state index is 12.1. The third kappa shape index (κ3) is 5.50. The smallest absolute Gasteiger partial charge is 0.411 e. The van der Waals surface area contributed by atoms with E-state index < -0.39 is 17.9 Å². The van der Waals surface area contributed by atoms with Gasteiger partial charge in [0.1, 0.15) is 0 Å². The Bertz CT molecular complexity index is 795. The fourth-order valence-electron chi connectivity index (χ4n) is 1.91. The first kappa shape index (κ1) is 18.3. The molecular weight excluding hydrogens is 346 g/mol. The summed E-state index contributed by atoms with van der Waals surface area (Å²) in [5, 5.41) is 2.91. The minimum absolute atomic E-state index is 0.238. The highest BCUT2D eigenvalue weighted by atomic mass is 35.5. The van der Waals surface area contributed by atoms with Gasteiger partial charge in [0.25, 0.3) is 11.8 Å². The molecule has 2 rings (SSSR count). The second kappa shape index (κ2) is 8.70. The van der Waals surface area contributed by atoms with E-state index in [2.05, 4.69) is 16.2 Å². The number of carbonyl (C=O) groups excluding carboxylic acids is 3. The first-order valence-corrected chi connectivity index (χ1v) is 7.77. The molecule has 0 aliphatic heterocycles. The van der Waals surface area contributed by atoms with Crippen LogP contribution in [0.4, 0.5) is 10.5 Å². The van der Waals surface area contributed by atoms with Crippen molar-refractivity contribution in [1.29, 1.82) is 0 Å². The highest BCUT2D eigenvalue weighted by molar-refractivity contribution is 6.31. The summed E-state index contributed by atoms with van der Waals surface area (Å²) >= 11 is 5.82. The average Bonchev–Trinajstić information content (AvgIpc) is 2.59. The summed E-state index contributed by atoms with van der Waals surface area (Å²) in [6.07, 6.45) is -0.616. The molecule has 0 radical (unpaired) electrons. The number of rotatable bonds is 4. The molecule has 0 heterocycles. The van der Waals surface area contributed by atoms with Crippen molar-refractivity contribution in [3.05, 3.63) is 64.7 Å². The Morgan fingerprint density at radius 1 is 0.960 bits per heavy atom. The number of nitrogens with one attached hydrogen (secondary N) is 3. The average molecular weight is 362 g/mol. The van der Waals surface area contributed by atoms with Crippen LogP contribution in [0.25, 0.3) is 0 Å². The van der Waals surface area contributed by atoms with Crippen molar-refractivity contribution in [2.75, 3.05) is 11.9 Å². The van der Waals surface area contributed by atoms with E-state index >= 15 is 0 Å². The zero-order valence-electron chi connectivity index (χ0n) is 13.3. The summed E-state index contributed by atoms with van der Waals surface area (Å²) in [5.41, 5.74) is 5.55. The molecule has 8 heteroatoms. The Morgan fingerprint density at radius 3 is 2.16 bits per heavy atom. The molecule has 0 saturated heterocycles. The van der Waals surface area contributed by atoms with Crippen molar-refractivity contribution in [2.24, 2.45) is 0 Å². The molecule has 7 nitrogen and oxygen atoms in total. The van der Waals surface area contributed by atoms with Crippen molar-refractivity contribution < 1.29 is 19.1 Å². The van der Waals surface area contributed by atoms with Crippen LogP contribution in [0.3, 0.4) is 0 Å². The minimum Gasteiger partial charge on any atom is -0.450 e. The van der Waals surface area contributed by atoms with E-state index in [0.717, 1.165) is 0 Å². The highest BCUT2D eigenvalue weighted by Crippen LogP contribution is 2.12. The molecule has 2 aromatic rings. The highest BCUT2D eigenvalue weighted by Gasteiger charge is 2.11. The summed E-state index contributed by atoms with van der Waals surface area (Å²) in [6.45, 7) is 1.92. The quantitative estimate of drug-likeness (QED) is 0.729. The van der Waals surface area contributed by atoms with E-state index in [1.165, 1.54) is 18.2 Å². The molecule has 0 spiro atoms. The largest absolute Gasteiger partial charge is 0.450 e. The second-order valence-electron chi connectivity index (χ2n) is 4.84. The Balaban J connectivity index is 1.96. The molecule has 0 saturated carbocycles. The summed E-state index contributed by atoms with van der Waals surface area (Å²) in [4.78, 5) is 35.5. The number of carbonyl (C=O) groups is 3. The van der Waals surface area contributed by atoms with Gasteiger partial charge in [0, 0.05) is 21.8 Å². The molecule has 0 aromatic heterocycles. The Morgan fingerprint density at radius 2 is 1.56 bits per heavy atom. The molecule has 0 unspecified atom stereocenters. The number of anilines is 1. The molecular formula is C17H16ClN3O4. The number of halogens is 1. The van der Waals surface area contributed by atoms with Crippen LogP contribution in [0.2, 0.25) is 5.02 Å². The number of hydrazine groups is 1. The van der Waals surface area contributed by atoms with Gasteiger partial charge in [-0.3, -0.25) is 25.8 Å². The normalized spacial score (nSPS) is 9.84. The van der Waals surface area contributed by atoms with E-state index in [4.69, 9.17) is 16.3 Å². The van der Waals surface area contributed by atoms with E-state index in [9.17, 15) is 14.4 Å². The molecule has 3 N–H and O–H groups in total. The second-order valence-corrected chi connectivity index (χ2v) is 5.28. The summed E-state index contributed by atoms with van der Waals surface area (Å²) < 4.78 is 4.77. The number of hydrogen-bond acceptors (Lipinski definition) is 4. The van der Waals surface area contributed by atoms with Crippen LogP contribution in [0, 0.1) is 0 Å². The molecule has 0 bridgehead atoms. The first-order chi connectivity index (χ1) is 12.0. The van der Waals surface area contributed by atoms with Crippen LogP contribution >= 0.6 is 11.6 Å². The topological polar surface area (TPSA) is 96.5 Å². The Kier molecular flexibility index (Phi) is 6.36. The van der Waals surface area contributed by atoms with Gasteiger partial charge in [0.2, 0.25) is 0 Å². The summed E-state index contributed by atoms with van der Waals surface area (Å²) in [6, 6.07) is 12.5. The van der Waals surface area contributed by atoms with Crippen LogP contribution < -0.4 is 16.2 Å². The van der Waals surface area contributed by atoms with Crippen LogP contribution in [-0.2, 0) is 4.74 Å². The molecule has 0 fully saturated rings. The minimum atomic E-state index is -0.616. The number of benzene rings is 2. The molecule has 2 aromatic carbocycles. The summed E-state index contributed by atoms with van der Waals surface area (Å²) in [5.74, 6) is -1.04. The lowest BCUT2D eigenvalue weighted by Gasteiger charge is -2.09. The predicted molar refractivity (Wildman–Crippen MR) is 93.5 cm³/mol. The Labute approximate surface area is 149 Å². The monoisotopic (exact) mass is 361 g/mol. The van der Waals surface area contributed by atoms with Gasteiger partial charge in [-0.25, -0.2) is 4.79 Å². The van der Waals surface area contributed by atoms with Crippen molar-refractivity contribution in [3.63, 3.8) is 0 Å². The lowest BCUT2D eigenvalue weighted by molar-refractivity contribution is 0.0846. The van der Waals surface area contributed by atoms with Gasteiger partial charge in [0.15, 0.2) is 0 Å². The van der Waals surface area contributed by atoms with Crippen LogP contribution in [0.1, 0.15) is 27.6 Å². The number of amides is 3. The predicted octanol–water partition coefficient (Wildman–Crippen LogP) is 2.98. The number of ether oxygens (including phenoxy) is 1. The maximum absolute atomic E-state index is 12.1. The zero-order chi connectivity index (χ0) is 18.2. The molecule has 3 amide bonds. The third-order valence-electron chi connectivity index (χ3n) is 3.02. The fraction of sp³-hybridized carbons (Fsp3) is 0.118. The SMILES string of the molecule is CCOC(=O)Nc1cccc(C(=O)NNC(=O)c2cccc(Cl)c2)c1. The third-order valence-corrected chi connectivity index (χ3v) is 3.26. The molecule has 0 aliphatic rings. The molecule has 25 heavy (non-hydrogen) atoms. The zero-order valence-corrected chi connectivity index (χ0v) is 14.1. The number of hydrogen-bond donors (Lipinski definition) is 3. The van der Waals surface area contributed by atoms with E-state index in [1.54, 1.807) is 37.3 Å². The van der Waals surface area contributed by atoms with Gasteiger partial charge in [-0.15, -0.1) is 0 Å². The van der Waals surface area contributed by atoms with Gasteiger partial charge in [0.05, 0.1) is 6.61 Å². The van der Waals surface area contributed by atoms with Crippen molar-refractivity contribution >= 4 is 35.2 Å². The van der Waals surface area contributed by atoms with E-state index in [1.807, 2.05) is 0 Å². The van der Waals surface area contributed by atoms with Gasteiger partial charge in [-0.05, 0) is 43.3 Å². The van der Waals surface area contributed by atoms with Crippen LogP contribution in [-0.4, -0.2) is 24.5 Å². The standard InChI is InChI=1S/C17H16ClN3O4/c1-2-25-17(24)19-14-8-4-6-12(10-14)16(23)21-20-15(22)11-5-3-7-13(18)9-11/h3-10H,2H2,1H3,(H,19,24)(H,20,22)(H,21,23). The lowest BCUT2D eigenvalue weighted by atomic mass is 10.2. The van der Waals surface area contributed by atoms with Crippen molar-refractivity contribution in [2.45, 2.75) is 6.92 Å². The van der Waals surface area contributed by atoms with Crippen molar-refractivity contribution in [1.82, 2.24) is 10.9 Å². The van der Waals surface area contributed by atoms with Gasteiger partial charge in [-0.2, -0.15) is 0 Å². The van der Waals surface area contributed by atoms with Crippen LogP contribution in [0.15, 0.2) is 48.5 Å². The fourth-order valence-corrected chi connectivity index (χ4v) is 2.10. The first-order valence-electron chi connectivity index (χ1n) is 7.39. The van der Waals surface area contributed by atoms with Gasteiger partial charge >= 0.3 is 6.09 Å². The van der Waals surface area contributed by atoms with E-state index in [-0.39, 0.29) is 12.2 Å². The maximum Gasteiger partial charge on any atom is 0.411 e. The Hall–Kier alpha value is -3.06. The molecule has 130 valence electrons. The molecule has 0 atom stereocenters. The van der Waals surface area contributed by atoms with Crippen molar-refractivity contribution in [3.8, 4) is 0 Å². The van der Waals surface area contributed by atoms with Gasteiger partial charge in [-0.1, -0.05) is 23.7 Å². The van der Waals surface area contributed by atoms with Crippen LogP contribution in [0.5, 0.6) is 0 Å². The van der Waals surface area contributed by atoms with Gasteiger partial charge < -0.3 is 4.74 Å². The molecule has 0 aliphatic carbocycles.